The number of hydrogen-bond donors (Lipinski definition) is 4. The van der Waals surface area contributed by atoms with Gasteiger partial charge in [-0.3, -0.25) is 19.9 Å². The number of carbonyl (C=O) groups excluding carboxylic acids is 3. The first kappa shape index (κ1) is 32.5. The standard InChI is InChI=1S/C31H25Cl2F3N6O4/c1-46-31(45)38-18-4-7-20-23(13-18)39-26(44)11-9-22-21(34)8-5-17(37-22)14-24(30-41-27(20)28(33)42-30)40-25(43)10-2-15-12-16(32)3-6-19(15)29(35)36/h2-8,10,12-13,24,29H,9,11,14H2,1H3,(H,38,45)(H,39,44)(H,40,43)(H,41,42)/b10-2+. The summed E-state index contributed by atoms with van der Waals surface area (Å²) in [4.78, 5) is 49.8. The molecule has 0 fully saturated rings. The summed E-state index contributed by atoms with van der Waals surface area (Å²) in [7, 11) is 1.20. The highest BCUT2D eigenvalue weighted by Crippen LogP contribution is 2.36. The van der Waals surface area contributed by atoms with Crippen molar-refractivity contribution in [1.82, 2.24) is 20.3 Å². The number of aryl methyl sites for hydroxylation is 1. The summed E-state index contributed by atoms with van der Waals surface area (Å²) in [5.74, 6) is -1.54. The number of nitrogens with zero attached hydrogens (tertiary/aromatic N) is 2. The Bertz CT molecular complexity index is 1850. The van der Waals surface area contributed by atoms with Crippen LogP contribution in [0.4, 0.5) is 29.3 Å². The van der Waals surface area contributed by atoms with E-state index in [1.165, 1.54) is 49.6 Å². The Morgan fingerprint density at radius 1 is 1.09 bits per heavy atom. The van der Waals surface area contributed by atoms with E-state index in [-0.39, 0.29) is 63.5 Å². The highest BCUT2D eigenvalue weighted by atomic mass is 35.5. The topological polar surface area (TPSA) is 138 Å². The molecule has 1 aliphatic rings. The Kier molecular flexibility index (Phi) is 9.93. The zero-order valence-corrected chi connectivity index (χ0v) is 25.5. The number of aromatic amines is 1. The quantitative estimate of drug-likeness (QED) is 0.168. The molecule has 238 valence electrons. The fraction of sp³-hybridized carbons (Fsp3) is 0.194. The third-order valence-electron chi connectivity index (χ3n) is 6.98. The number of H-pyrrole nitrogens is 1. The second-order valence-electron chi connectivity index (χ2n) is 10.1. The molecule has 10 nitrogen and oxygen atoms in total. The van der Waals surface area contributed by atoms with Gasteiger partial charge in [0, 0.05) is 52.9 Å². The smallest absolute Gasteiger partial charge is 0.411 e. The number of hydrogen-bond acceptors (Lipinski definition) is 6. The molecule has 1 atom stereocenters. The second kappa shape index (κ2) is 14.0. The van der Waals surface area contributed by atoms with Crippen LogP contribution in [-0.4, -0.2) is 40.0 Å². The Morgan fingerprint density at radius 3 is 2.65 bits per heavy atom. The molecule has 0 spiro atoms. The maximum absolute atomic E-state index is 14.7. The first-order valence-electron chi connectivity index (χ1n) is 13.8. The number of carbonyl (C=O) groups is 3. The lowest BCUT2D eigenvalue weighted by Gasteiger charge is -2.17. The molecule has 1 aliphatic heterocycles. The van der Waals surface area contributed by atoms with Crippen LogP contribution in [0.1, 0.15) is 47.2 Å². The molecule has 2 aromatic carbocycles. The van der Waals surface area contributed by atoms with Crippen molar-refractivity contribution in [2.45, 2.75) is 31.7 Å². The van der Waals surface area contributed by atoms with Crippen LogP contribution in [0.2, 0.25) is 10.2 Å². The van der Waals surface area contributed by atoms with E-state index in [0.717, 1.165) is 6.08 Å². The van der Waals surface area contributed by atoms with Gasteiger partial charge in [0.2, 0.25) is 11.8 Å². The molecule has 2 aromatic heterocycles. The number of imidazole rings is 1. The van der Waals surface area contributed by atoms with E-state index in [0.29, 0.717) is 16.9 Å². The van der Waals surface area contributed by atoms with Crippen molar-refractivity contribution >= 4 is 58.6 Å². The number of pyridine rings is 1. The predicted molar refractivity (Wildman–Crippen MR) is 166 cm³/mol. The van der Waals surface area contributed by atoms with Crippen LogP contribution in [0.25, 0.3) is 17.3 Å². The molecule has 15 heteroatoms. The predicted octanol–water partition coefficient (Wildman–Crippen LogP) is 7.03. The number of ether oxygens (including phenoxy) is 1. The van der Waals surface area contributed by atoms with Gasteiger partial charge in [0.25, 0.3) is 6.43 Å². The van der Waals surface area contributed by atoms with Crippen LogP contribution < -0.4 is 16.0 Å². The van der Waals surface area contributed by atoms with Crippen molar-refractivity contribution in [2.75, 3.05) is 17.7 Å². The van der Waals surface area contributed by atoms with E-state index >= 15 is 0 Å². The molecule has 0 aliphatic carbocycles. The fourth-order valence-electron chi connectivity index (χ4n) is 4.78. The Morgan fingerprint density at radius 2 is 1.89 bits per heavy atom. The molecule has 3 heterocycles. The lowest BCUT2D eigenvalue weighted by Crippen LogP contribution is -2.29. The van der Waals surface area contributed by atoms with E-state index in [9.17, 15) is 27.6 Å². The summed E-state index contributed by atoms with van der Waals surface area (Å²) in [6.07, 6.45) is -1.36. The third-order valence-corrected chi connectivity index (χ3v) is 7.49. The van der Waals surface area contributed by atoms with Crippen molar-refractivity contribution in [1.29, 1.82) is 0 Å². The van der Waals surface area contributed by atoms with Crippen LogP contribution in [0, 0.1) is 5.82 Å². The third kappa shape index (κ3) is 7.66. The highest BCUT2D eigenvalue weighted by molar-refractivity contribution is 6.32. The van der Waals surface area contributed by atoms with Gasteiger partial charge < -0.3 is 20.4 Å². The number of benzene rings is 2. The van der Waals surface area contributed by atoms with Crippen molar-refractivity contribution < 1.29 is 32.3 Å². The molecule has 4 aromatic rings. The average Bonchev–Trinajstić information content (AvgIpc) is 3.40. The Balaban J connectivity index is 1.54. The minimum Gasteiger partial charge on any atom is -0.453 e. The maximum atomic E-state index is 14.7. The molecule has 1 unspecified atom stereocenters. The van der Waals surface area contributed by atoms with E-state index in [1.54, 1.807) is 12.1 Å². The SMILES string of the molecule is COC(=O)Nc1ccc2c(c1)NC(=O)CCc1nc(ccc1F)CC(NC(=O)/C=C/c1cc(Cl)ccc1C(F)F)c1nc-2c(Cl)[nH]1. The maximum Gasteiger partial charge on any atom is 0.411 e. The van der Waals surface area contributed by atoms with Crippen molar-refractivity contribution in [3.05, 3.63) is 98.9 Å². The summed E-state index contributed by atoms with van der Waals surface area (Å²) in [6, 6.07) is 10.2. The minimum absolute atomic E-state index is 0.0244. The fourth-order valence-corrected chi connectivity index (χ4v) is 5.20. The number of halogens is 5. The zero-order chi connectivity index (χ0) is 33.0. The van der Waals surface area contributed by atoms with Gasteiger partial charge in [-0.25, -0.2) is 22.9 Å². The molecule has 0 saturated carbocycles. The van der Waals surface area contributed by atoms with E-state index in [2.05, 4.69) is 35.6 Å². The molecule has 3 amide bonds. The highest BCUT2D eigenvalue weighted by Gasteiger charge is 2.25. The molecule has 5 rings (SSSR count). The minimum atomic E-state index is -2.79. The van der Waals surface area contributed by atoms with Crippen molar-refractivity contribution in [3.63, 3.8) is 0 Å². The lowest BCUT2D eigenvalue weighted by atomic mass is 10.1. The lowest BCUT2D eigenvalue weighted by molar-refractivity contribution is -0.117. The van der Waals surface area contributed by atoms with Gasteiger partial charge in [-0.15, -0.1) is 0 Å². The Labute approximate surface area is 270 Å². The molecule has 4 N–H and O–H groups in total. The van der Waals surface area contributed by atoms with Crippen molar-refractivity contribution in [3.8, 4) is 11.3 Å². The largest absolute Gasteiger partial charge is 0.453 e. The molecule has 0 radical (unpaired) electrons. The first-order valence-corrected chi connectivity index (χ1v) is 14.5. The van der Waals surface area contributed by atoms with Gasteiger partial charge in [0.05, 0.1) is 24.5 Å². The number of fused-ring (bicyclic) bond motifs is 6. The summed E-state index contributed by atoms with van der Waals surface area (Å²) in [5.41, 5.74) is 1.31. The summed E-state index contributed by atoms with van der Waals surface area (Å²) in [5, 5.41) is 8.34. The van der Waals surface area contributed by atoms with Crippen LogP contribution in [0.5, 0.6) is 0 Å². The van der Waals surface area contributed by atoms with Crippen molar-refractivity contribution in [2.24, 2.45) is 0 Å². The van der Waals surface area contributed by atoms with Gasteiger partial charge in [-0.2, -0.15) is 0 Å². The second-order valence-corrected chi connectivity index (χ2v) is 10.9. The van der Waals surface area contributed by atoms with Crippen LogP contribution in [0.15, 0.2) is 54.6 Å². The van der Waals surface area contributed by atoms with Gasteiger partial charge in [-0.1, -0.05) is 29.3 Å². The van der Waals surface area contributed by atoms with Gasteiger partial charge in [0.1, 0.15) is 22.5 Å². The summed E-state index contributed by atoms with van der Waals surface area (Å²) >= 11 is 12.6. The monoisotopic (exact) mass is 672 g/mol. The van der Waals surface area contributed by atoms with Crippen LogP contribution in [-0.2, 0) is 27.2 Å². The van der Waals surface area contributed by atoms with E-state index < -0.39 is 36.2 Å². The Hall–Kier alpha value is -4.88. The number of amides is 3. The molecular weight excluding hydrogens is 648 g/mol. The van der Waals surface area contributed by atoms with Gasteiger partial charge in [-0.05, 0) is 54.1 Å². The van der Waals surface area contributed by atoms with E-state index in [4.69, 9.17) is 23.2 Å². The number of alkyl halides is 2. The van der Waals surface area contributed by atoms with Gasteiger partial charge >= 0.3 is 6.09 Å². The molecule has 46 heavy (non-hydrogen) atoms. The average molecular weight is 673 g/mol. The number of aromatic nitrogens is 3. The first-order chi connectivity index (χ1) is 22.0. The molecule has 4 bridgehead atoms. The van der Waals surface area contributed by atoms with E-state index in [1.807, 2.05) is 0 Å². The number of methoxy groups -OCH3 is 1. The number of nitrogens with one attached hydrogen (secondary N) is 4. The summed E-state index contributed by atoms with van der Waals surface area (Å²) in [6.45, 7) is 0. The van der Waals surface area contributed by atoms with Crippen LogP contribution in [0.3, 0.4) is 0 Å². The molecular formula is C31H25Cl2F3N6O4. The number of anilines is 2. The summed E-state index contributed by atoms with van der Waals surface area (Å²) < 4.78 is 46.4. The molecule has 0 saturated heterocycles. The van der Waals surface area contributed by atoms with Crippen LogP contribution >= 0.6 is 23.2 Å². The zero-order valence-electron chi connectivity index (χ0n) is 24.0. The number of rotatable bonds is 5. The normalized spacial score (nSPS) is 14.8. The van der Waals surface area contributed by atoms with Gasteiger partial charge in [0.15, 0.2) is 0 Å².